The molecule has 0 aromatic carbocycles. The molecule has 1 amide bonds. The van der Waals surface area contributed by atoms with Gasteiger partial charge in [0, 0.05) is 19.2 Å². The van der Waals surface area contributed by atoms with Crippen molar-refractivity contribution in [2.75, 3.05) is 19.3 Å². The molecule has 0 aliphatic carbocycles. The highest BCUT2D eigenvalue weighted by molar-refractivity contribution is 8.01. The summed E-state index contributed by atoms with van der Waals surface area (Å²) in [6.45, 7) is 1.01. The normalized spacial score (nSPS) is 21.9. The van der Waals surface area contributed by atoms with Gasteiger partial charge in [-0.3, -0.25) is 9.59 Å². The Bertz CT molecular complexity index is 278. The minimum Gasteiger partial charge on any atom is -0.481 e. The number of hydrogen-bond donors (Lipinski definition) is 1. The van der Waals surface area contributed by atoms with Crippen LogP contribution >= 0.6 is 11.8 Å². The summed E-state index contributed by atoms with van der Waals surface area (Å²) in [6, 6.07) is 0. The molecule has 1 atom stereocenters. The molecule has 4 nitrogen and oxygen atoms in total. The van der Waals surface area contributed by atoms with Crippen molar-refractivity contribution in [3.05, 3.63) is 11.5 Å². The largest absolute Gasteiger partial charge is 0.481 e. The lowest BCUT2D eigenvalue weighted by Gasteiger charge is -2.29. The van der Waals surface area contributed by atoms with Gasteiger partial charge in [-0.05, 0) is 24.5 Å². The van der Waals surface area contributed by atoms with Crippen LogP contribution < -0.4 is 0 Å². The summed E-state index contributed by atoms with van der Waals surface area (Å²) < 4.78 is 0. The fourth-order valence-electron chi connectivity index (χ4n) is 1.61. The molecular weight excluding hydrogens is 214 g/mol. The Morgan fingerprint density at radius 1 is 1.53 bits per heavy atom. The quantitative estimate of drug-likeness (QED) is 0.738. The molecule has 0 radical (unpaired) electrons. The standard InChI is InChI=1S/C10H15NO3S/c1-15-6-4-9(12)11-5-2-3-8(7-11)10(13)14/h4,6,8H,2-3,5,7H2,1H3,(H,13,14)/b6-4+. The van der Waals surface area contributed by atoms with Gasteiger partial charge in [0.15, 0.2) is 0 Å². The van der Waals surface area contributed by atoms with Crippen LogP contribution in [0.25, 0.3) is 0 Å². The van der Waals surface area contributed by atoms with E-state index < -0.39 is 11.9 Å². The number of likely N-dealkylation sites (tertiary alicyclic amines) is 1. The summed E-state index contributed by atoms with van der Waals surface area (Å²) >= 11 is 1.46. The topological polar surface area (TPSA) is 57.6 Å². The van der Waals surface area contributed by atoms with Gasteiger partial charge in [0.25, 0.3) is 0 Å². The number of rotatable bonds is 3. The van der Waals surface area contributed by atoms with E-state index in [1.165, 1.54) is 17.8 Å². The molecule has 0 bridgehead atoms. The number of carbonyl (C=O) groups is 2. The van der Waals surface area contributed by atoms with E-state index in [2.05, 4.69) is 0 Å². The summed E-state index contributed by atoms with van der Waals surface area (Å²) in [4.78, 5) is 23.9. The molecule has 1 N–H and O–H groups in total. The Hall–Kier alpha value is -0.970. The van der Waals surface area contributed by atoms with Gasteiger partial charge in [-0.1, -0.05) is 0 Å². The first kappa shape index (κ1) is 12.1. The summed E-state index contributed by atoms with van der Waals surface area (Å²) in [5, 5.41) is 10.6. The fourth-order valence-corrected chi connectivity index (χ4v) is 1.86. The van der Waals surface area contributed by atoms with Crippen molar-refractivity contribution in [2.24, 2.45) is 5.92 Å². The number of piperidine rings is 1. The van der Waals surface area contributed by atoms with E-state index in [1.807, 2.05) is 6.26 Å². The van der Waals surface area contributed by atoms with E-state index in [-0.39, 0.29) is 5.91 Å². The van der Waals surface area contributed by atoms with Crippen molar-refractivity contribution in [3.63, 3.8) is 0 Å². The first-order chi connectivity index (χ1) is 7.15. The van der Waals surface area contributed by atoms with Crippen LogP contribution in [0, 0.1) is 5.92 Å². The van der Waals surface area contributed by atoms with Crippen LogP contribution in [0.1, 0.15) is 12.8 Å². The number of carbonyl (C=O) groups excluding carboxylic acids is 1. The second-order valence-corrected chi connectivity index (χ2v) is 4.24. The minimum atomic E-state index is -0.804. The van der Waals surface area contributed by atoms with Crippen LogP contribution in [-0.4, -0.2) is 41.2 Å². The highest BCUT2D eigenvalue weighted by Gasteiger charge is 2.26. The number of hydrogen-bond acceptors (Lipinski definition) is 3. The summed E-state index contributed by atoms with van der Waals surface area (Å²) in [5.41, 5.74) is 0. The van der Waals surface area contributed by atoms with Crippen LogP contribution in [0.15, 0.2) is 11.5 Å². The third-order valence-electron chi connectivity index (χ3n) is 2.43. The fraction of sp³-hybridized carbons (Fsp3) is 0.600. The van der Waals surface area contributed by atoms with E-state index in [0.717, 1.165) is 6.42 Å². The van der Waals surface area contributed by atoms with Gasteiger partial charge in [-0.25, -0.2) is 0 Å². The van der Waals surface area contributed by atoms with Crippen LogP contribution in [-0.2, 0) is 9.59 Å². The maximum absolute atomic E-state index is 11.6. The first-order valence-electron chi connectivity index (χ1n) is 4.86. The molecule has 1 fully saturated rings. The lowest BCUT2D eigenvalue weighted by molar-refractivity contribution is -0.144. The molecule has 1 aliphatic rings. The second-order valence-electron chi connectivity index (χ2n) is 3.50. The van der Waals surface area contributed by atoms with Crippen LogP contribution in [0.3, 0.4) is 0 Å². The van der Waals surface area contributed by atoms with Crippen molar-refractivity contribution in [3.8, 4) is 0 Å². The molecule has 1 heterocycles. The van der Waals surface area contributed by atoms with Crippen LogP contribution in [0.4, 0.5) is 0 Å². The maximum atomic E-state index is 11.6. The Morgan fingerprint density at radius 3 is 2.87 bits per heavy atom. The molecule has 0 aromatic heterocycles. The molecule has 0 aromatic rings. The van der Waals surface area contributed by atoms with E-state index in [0.29, 0.717) is 19.5 Å². The van der Waals surface area contributed by atoms with Crippen molar-refractivity contribution in [1.82, 2.24) is 4.90 Å². The average Bonchev–Trinajstić information content (AvgIpc) is 2.26. The zero-order valence-electron chi connectivity index (χ0n) is 8.68. The summed E-state index contributed by atoms with van der Waals surface area (Å²) in [7, 11) is 0. The molecule has 0 saturated carbocycles. The van der Waals surface area contributed by atoms with Gasteiger partial charge >= 0.3 is 5.97 Å². The van der Waals surface area contributed by atoms with Crippen molar-refractivity contribution in [2.45, 2.75) is 12.8 Å². The van der Waals surface area contributed by atoms with E-state index >= 15 is 0 Å². The lowest BCUT2D eigenvalue weighted by Crippen LogP contribution is -2.41. The summed E-state index contributed by atoms with van der Waals surface area (Å²) in [5.74, 6) is -1.29. The van der Waals surface area contributed by atoms with Gasteiger partial charge in [0.1, 0.15) is 0 Å². The number of carboxylic acid groups (broad SMARTS) is 1. The van der Waals surface area contributed by atoms with Crippen LogP contribution in [0.5, 0.6) is 0 Å². The molecule has 1 aliphatic heterocycles. The Labute approximate surface area is 93.3 Å². The molecule has 5 heteroatoms. The highest BCUT2D eigenvalue weighted by atomic mass is 32.2. The van der Waals surface area contributed by atoms with Crippen molar-refractivity contribution >= 4 is 23.6 Å². The Morgan fingerprint density at radius 2 is 2.27 bits per heavy atom. The summed E-state index contributed by atoms with van der Waals surface area (Å²) in [6.07, 6.45) is 4.82. The van der Waals surface area contributed by atoms with Crippen LogP contribution in [0.2, 0.25) is 0 Å². The van der Waals surface area contributed by atoms with Gasteiger partial charge in [-0.2, -0.15) is 0 Å². The highest BCUT2D eigenvalue weighted by Crippen LogP contribution is 2.16. The molecule has 0 spiro atoms. The number of aliphatic carboxylic acids is 1. The lowest BCUT2D eigenvalue weighted by atomic mass is 9.98. The monoisotopic (exact) mass is 229 g/mol. The third-order valence-corrected chi connectivity index (χ3v) is 2.84. The molecule has 84 valence electrons. The van der Waals surface area contributed by atoms with E-state index in [4.69, 9.17) is 5.11 Å². The van der Waals surface area contributed by atoms with E-state index in [1.54, 1.807) is 10.3 Å². The third kappa shape index (κ3) is 3.58. The zero-order chi connectivity index (χ0) is 11.3. The van der Waals surface area contributed by atoms with Gasteiger partial charge in [0.05, 0.1) is 5.92 Å². The maximum Gasteiger partial charge on any atom is 0.308 e. The minimum absolute atomic E-state index is 0.0877. The molecule has 15 heavy (non-hydrogen) atoms. The number of thioether (sulfide) groups is 1. The number of carboxylic acids is 1. The average molecular weight is 229 g/mol. The zero-order valence-corrected chi connectivity index (χ0v) is 9.50. The number of nitrogens with zero attached hydrogens (tertiary/aromatic N) is 1. The Kier molecular flexibility index (Phi) is 4.68. The molecule has 1 rings (SSSR count). The molecular formula is C10H15NO3S. The van der Waals surface area contributed by atoms with Crippen molar-refractivity contribution < 1.29 is 14.7 Å². The first-order valence-corrected chi connectivity index (χ1v) is 6.15. The second kappa shape index (κ2) is 5.80. The smallest absolute Gasteiger partial charge is 0.308 e. The molecule has 1 unspecified atom stereocenters. The molecule has 1 saturated heterocycles. The van der Waals surface area contributed by atoms with E-state index in [9.17, 15) is 9.59 Å². The van der Waals surface area contributed by atoms with Crippen molar-refractivity contribution in [1.29, 1.82) is 0 Å². The SMILES string of the molecule is CS/C=C/C(=O)N1CCCC(C(=O)O)C1. The predicted octanol–water partition coefficient (Wildman–Crippen LogP) is 1.19. The number of amides is 1. The van der Waals surface area contributed by atoms with Gasteiger partial charge < -0.3 is 10.0 Å². The Balaban J connectivity index is 2.52. The van der Waals surface area contributed by atoms with Gasteiger partial charge in [-0.15, -0.1) is 11.8 Å². The predicted molar refractivity (Wildman–Crippen MR) is 59.6 cm³/mol. The van der Waals surface area contributed by atoms with Gasteiger partial charge in [0.2, 0.25) is 5.91 Å².